The van der Waals surface area contributed by atoms with Gasteiger partial charge in [0.1, 0.15) is 18.1 Å². The Morgan fingerprint density at radius 1 is 0.886 bits per heavy atom. The molecule has 8 nitrogen and oxygen atoms in total. The zero-order valence-electron chi connectivity index (χ0n) is 18.4. The molecule has 0 spiro atoms. The molecule has 3 amide bonds. The molecule has 4 aromatic rings. The Balaban J connectivity index is 1.50. The first-order chi connectivity index (χ1) is 17.0. The van der Waals surface area contributed by atoms with E-state index in [1.54, 1.807) is 48.5 Å². The van der Waals surface area contributed by atoms with E-state index in [9.17, 15) is 19.7 Å². The maximum Gasteiger partial charge on any atom is 0.333 e. The summed E-state index contributed by atoms with van der Waals surface area (Å²) >= 11 is 0. The second-order valence-corrected chi connectivity index (χ2v) is 7.88. The third-order valence-electron chi connectivity index (χ3n) is 5.65. The van der Waals surface area contributed by atoms with Crippen LogP contribution in [0.25, 0.3) is 16.8 Å². The zero-order chi connectivity index (χ0) is 24.4. The quantitative estimate of drug-likeness (QED) is 0.177. The van der Waals surface area contributed by atoms with E-state index in [1.807, 2.05) is 36.4 Å². The van der Waals surface area contributed by atoms with Crippen LogP contribution < -0.4 is 15.0 Å². The van der Waals surface area contributed by atoms with Crippen LogP contribution in [0.15, 0.2) is 96.7 Å². The van der Waals surface area contributed by atoms with Crippen LogP contribution in [0.2, 0.25) is 0 Å². The standard InChI is InChI=1S/C27H19N3O5/c31-26-24(28-27(32)29(26)20-7-2-1-3-8-20)16-23-22-9-5-4-6-19(22)12-15-25(23)35-17-18-10-13-21(14-11-18)30(33)34/h1-16H,17H2,(H,28,32)/b24-16+. The number of carbonyl (C=O) groups excluding carboxylic acids is 2. The molecule has 1 fully saturated rings. The van der Waals surface area contributed by atoms with Crippen molar-refractivity contribution in [2.45, 2.75) is 6.61 Å². The molecule has 5 rings (SSSR count). The molecule has 0 radical (unpaired) electrons. The van der Waals surface area contributed by atoms with Gasteiger partial charge in [-0.25, -0.2) is 9.69 Å². The van der Waals surface area contributed by atoms with Gasteiger partial charge in [-0.15, -0.1) is 0 Å². The molecule has 1 N–H and O–H groups in total. The van der Waals surface area contributed by atoms with Gasteiger partial charge in [0.2, 0.25) is 0 Å². The molecule has 172 valence electrons. The Morgan fingerprint density at radius 3 is 2.34 bits per heavy atom. The number of urea groups is 1. The number of rotatable bonds is 6. The number of hydrogen-bond donors (Lipinski definition) is 1. The number of anilines is 1. The smallest absolute Gasteiger partial charge is 0.333 e. The molecule has 1 heterocycles. The first-order valence-corrected chi connectivity index (χ1v) is 10.8. The lowest BCUT2D eigenvalue weighted by molar-refractivity contribution is -0.384. The van der Waals surface area contributed by atoms with Gasteiger partial charge in [-0.3, -0.25) is 14.9 Å². The topological polar surface area (TPSA) is 102 Å². The minimum absolute atomic E-state index is 0.00309. The highest BCUT2D eigenvalue weighted by molar-refractivity contribution is 6.28. The normalized spacial score (nSPS) is 14.4. The van der Waals surface area contributed by atoms with Crippen molar-refractivity contribution in [2.24, 2.45) is 0 Å². The second kappa shape index (κ2) is 9.11. The summed E-state index contributed by atoms with van der Waals surface area (Å²) in [5.74, 6) is 0.0465. The van der Waals surface area contributed by atoms with Crippen LogP contribution in [-0.2, 0) is 11.4 Å². The molecule has 1 aliphatic rings. The lowest BCUT2D eigenvalue weighted by Gasteiger charge is -2.13. The van der Waals surface area contributed by atoms with E-state index < -0.39 is 16.9 Å². The first kappa shape index (κ1) is 21.8. The van der Waals surface area contributed by atoms with Crippen LogP contribution >= 0.6 is 0 Å². The van der Waals surface area contributed by atoms with Crippen molar-refractivity contribution in [3.05, 3.63) is 118 Å². The maximum atomic E-state index is 13.1. The van der Waals surface area contributed by atoms with Crippen molar-refractivity contribution in [3.63, 3.8) is 0 Å². The minimum Gasteiger partial charge on any atom is -0.488 e. The summed E-state index contributed by atoms with van der Waals surface area (Å²) in [5, 5.41) is 15.3. The third-order valence-corrected chi connectivity index (χ3v) is 5.65. The fourth-order valence-electron chi connectivity index (χ4n) is 3.92. The van der Waals surface area contributed by atoms with Crippen LogP contribution in [0.4, 0.5) is 16.2 Å². The number of hydrogen-bond acceptors (Lipinski definition) is 5. The van der Waals surface area contributed by atoms with Crippen LogP contribution in [0.5, 0.6) is 5.75 Å². The van der Waals surface area contributed by atoms with E-state index >= 15 is 0 Å². The van der Waals surface area contributed by atoms with Gasteiger partial charge >= 0.3 is 6.03 Å². The second-order valence-electron chi connectivity index (χ2n) is 7.88. The van der Waals surface area contributed by atoms with E-state index in [0.717, 1.165) is 21.2 Å². The predicted octanol–water partition coefficient (Wildman–Crippen LogP) is 5.42. The summed E-state index contributed by atoms with van der Waals surface area (Å²) in [7, 11) is 0. The van der Waals surface area contributed by atoms with Crippen molar-refractivity contribution in [2.75, 3.05) is 4.90 Å². The van der Waals surface area contributed by atoms with Gasteiger partial charge in [0.05, 0.1) is 10.6 Å². The number of nitro benzene ring substituents is 1. The van der Waals surface area contributed by atoms with Crippen molar-refractivity contribution in [3.8, 4) is 5.75 Å². The molecule has 1 saturated heterocycles. The number of nitrogens with one attached hydrogen (secondary N) is 1. The number of nitrogens with zero attached hydrogens (tertiary/aromatic N) is 2. The van der Waals surface area contributed by atoms with Gasteiger partial charge in [-0.2, -0.15) is 0 Å². The highest BCUT2D eigenvalue weighted by Crippen LogP contribution is 2.32. The molecule has 0 aromatic heterocycles. The summed E-state index contributed by atoms with van der Waals surface area (Å²) < 4.78 is 6.06. The molecule has 0 unspecified atom stereocenters. The fourth-order valence-corrected chi connectivity index (χ4v) is 3.92. The van der Waals surface area contributed by atoms with Gasteiger partial charge in [0.25, 0.3) is 11.6 Å². The number of non-ortho nitro benzene ring substituents is 1. The number of para-hydroxylation sites is 1. The van der Waals surface area contributed by atoms with E-state index in [4.69, 9.17) is 4.74 Å². The number of ether oxygens (including phenoxy) is 1. The van der Waals surface area contributed by atoms with Crippen molar-refractivity contribution in [1.29, 1.82) is 0 Å². The van der Waals surface area contributed by atoms with E-state index in [0.29, 0.717) is 17.0 Å². The largest absolute Gasteiger partial charge is 0.488 e. The lowest BCUT2D eigenvalue weighted by Crippen LogP contribution is -2.30. The Kier molecular flexibility index (Phi) is 5.68. The molecule has 0 bridgehead atoms. The van der Waals surface area contributed by atoms with Gasteiger partial charge in [0, 0.05) is 17.7 Å². The number of carbonyl (C=O) groups is 2. The van der Waals surface area contributed by atoms with Crippen LogP contribution in [0, 0.1) is 10.1 Å². The summed E-state index contributed by atoms with van der Waals surface area (Å²) in [5.41, 5.74) is 2.01. The third kappa shape index (κ3) is 4.32. The Morgan fingerprint density at radius 2 is 1.60 bits per heavy atom. The number of nitro groups is 1. The summed E-state index contributed by atoms with van der Waals surface area (Å²) in [6, 6.07) is 25.7. The first-order valence-electron chi connectivity index (χ1n) is 10.8. The number of benzene rings is 4. The molecule has 1 aliphatic heterocycles. The lowest BCUT2D eigenvalue weighted by atomic mass is 10.0. The van der Waals surface area contributed by atoms with E-state index in [-0.39, 0.29) is 18.0 Å². The van der Waals surface area contributed by atoms with Crippen LogP contribution in [0.3, 0.4) is 0 Å². The zero-order valence-corrected chi connectivity index (χ0v) is 18.4. The molecule has 0 aliphatic carbocycles. The van der Waals surface area contributed by atoms with E-state index in [1.165, 1.54) is 12.1 Å². The molecule has 35 heavy (non-hydrogen) atoms. The maximum absolute atomic E-state index is 13.1. The monoisotopic (exact) mass is 465 g/mol. The minimum atomic E-state index is -0.527. The average Bonchev–Trinajstić information content (AvgIpc) is 3.16. The Labute approximate surface area is 200 Å². The van der Waals surface area contributed by atoms with Gasteiger partial charge in [-0.05, 0) is 52.7 Å². The molecule has 0 saturated carbocycles. The summed E-state index contributed by atoms with van der Waals surface area (Å²) in [6.45, 7) is 0.170. The van der Waals surface area contributed by atoms with Crippen molar-refractivity contribution in [1.82, 2.24) is 5.32 Å². The highest BCUT2D eigenvalue weighted by Gasteiger charge is 2.35. The number of amides is 3. The molecule has 0 atom stereocenters. The van der Waals surface area contributed by atoms with Gasteiger partial charge in [0.15, 0.2) is 0 Å². The number of imide groups is 1. The number of fused-ring (bicyclic) bond motifs is 1. The van der Waals surface area contributed by atoms with Crippen molar-refractivity contribution >= 4 is 40.2 Å². The van der Waals surface area contributed by atoms with Crippen molar-refractivity contribution < 1.29 is 19.2 Å². The molecular weight excluding hydrogens is 446 g/mol. The molecular formula is C27H19N3O5. The van der Waals surface area contributed by atoms with Gasteiger partial charge in [-0.1, -0.05) is 48.5 Å². The Hall–Kier alpha value is -4.98. The predicted molar refractivity (Wildman–Crippen MR) is 132 cm³/mol. The van der Waals surface area contributed by atoms with Gasteiger partial charge < -0.3 is 10.1 Å². The molecule has 4 aromatic carbocycles. The van der Waals surface area contributed by atoms with E-state index in [2.05, 4.69) is 5.32 Å². The van der Waals surface area contributed by atoms with Crippen LogP contribution in [-0.4, -0.2) is 16.9 Å². The average molecular weight is 465 g/mol. The van der Waals surface area contributed by atoms with Crippen LogP contribution in [0.1, 0.15) is 11.1 Å². The summed E-state index contributed by atoms with van der Waals surface area (Å²) in [4.78, 5) is 37.2. The highest BCUT2D eigenvalue weighted by atomic mass is 16.6. The fraction of sp³-hybridized carbons (Fsp3) is 0.0370. The summed E-state index contributed by atoms with van der Waals surface area (Å²) in [6.07, 6.45) is 1.62. The SMILES string of the molecule is O=C1N/C(=C/c2c(OCc3ccc([N+](=O)[O-])cc3)ccc3ccccc23)C(=O)N1c1ccccc1. The Bertz CT molecular complexity index is 1480. The molecule has 8 heteroatoms.